The number of hydrogen-bond donors (Lipinski definition) is 1. The fraction of sp³-hybridized carbons (Fsp3) is 0.600. The van der Waals surface area contributed by atoms with Crippen LogP contribution in [0.4, 0.5) is 0 Å². The minimum Gasteiger partial charge on any atom is -0.327 e. The standard InChI is InChI=1S/C15H24N2/c1-12-11-17(13(2)10-15(12)16)9-8-14-6-4-3-5-7-14/h3-7,12-13,15H,8-11,16H2,1-2H3. The smallest absolute Gasteiger partial charge is 0.00915 e. The molecule has 2 N–H and O–H groups in total. The van der Waals surface area contributed by atoms with Crippen LogP contribution in [0.2, 0.25) is 0 Å². The van der Waals surface area contributed by atoms with Gasteiger partial charge in [-0.1, -0.05) is 37.3 Å². The van der Waals surface area contributed by atoms with Gasteiger partial charge in [-0.3, -0.25) is 4.90 Å². The highest BCUT2D eigenvalue weighted by atomic mass is 15.2. The van der Waals surface area contributed by atoms with Gasteiger partial charge in [-0.25, -0.2) is 0 Å². The van der Waals surface area contributed by atoms with E-state index in [1.54, 1.807) is 0 Å². The maximum absolute atomic E-state index is 6.11. The summed E-state index contributed by atoms with van der Waals surface area (Å²) in [4.78, 5) is 2.58. The summed E-state index contributed by atoms with van der Waals surface area (Å²) in [6, 6.07) is 11.8. The van der Waals surface area contributed by atoms with Gasteiger partial charge in [0, 0.05) is 25.2 Å². The molecule has 0 saturated carbocycles. The predicted octanol–water partition coefficient (Wildman–Crippen LogP) is 2.29. The average molecular weight is 232 g/mol. The van der Waals surface area contributed by atoms with Crippen LogP contribution in [0.1, 0.15) is 25.8 Å². The van der Waals surface area contributed by atoms with Gasteiger partial charge >= 0.3 is 0 Å². The van der Waals surface area contributed by atoms with E-state index in [1.165, 1.54) is 5.56 Å². The molecule has 0 amide bonds. The lowest BCUT2D eigenvalue weighted by molar-refractivity contribution is 0.110. The van der Waals surface area contributed by atoms with Crippen LogP contribution in [-0.4, -0.2) is 30.1 Å². The lowest BCUT2D eigenvalue weighted by Crippen LogP contribution is -2.51. The zero-order chi connectivity index (χ0) is 12.3. The van der Waals surface area contributed by atoms with Crippen LogP contribution in [0, 0.1) is 5.92 Å². The Morgan fingerprint density at radius 1 is 1.24 bits per heavy atom. The predicted molar refractivity (Wildman–Crippen MR) is 72.9 cm³/mol. The van der Waals surface area contributed by atoms with E-state index in [9.17, 15) is 0 Å². The van der Waals surface area contributed by atoms with Gasteiger partial charge in [-0.05, 0) is 31.2 Å². The van der Waals surface area contributed by atoms with Gasteiger partial charge in [0.25, 0.3) is 0 Å². The second-order valence-corrected chi connectivity index (χ2v) is 5.46. The Morgan fingerprint density at radius 3 is 2.65 bits per heavy atom. The summed E-state index contributed by atoms with van der Waals surface area (Å²) >= 11 is 0. The molecule has 2 rings (SSSR count). The van der Waals surface area contributed by atoms with Gasteiger partial charge in [0.15, 0.2) is 0 Å². The fourth-order valence-electron chi connectivity index (χ4n) is 2.69. The lowest BCUT2D eigenvalue weighted by atomic mass is 9.90. The van der Waals surface area contributed by atoms with Crippen molar-refractivity contribution in [1.82, 2.24) is 4.90 Å². The first-order chi connectivity index (χ1) is 8.16. The second kappa shape index (κ2) is 5.65. The van der Waals surface area contributed by atoms with E-state index in [0.29, 0.717) is 18.0 Å². The molecule has 3 atom stereocenters. The minimum atomic E-state index is 0.387. The lowest BCUT2D eigenvalue weighted by Gasteiger charge is -2.40. The summed E-state index contributed by atoms with van der Waals surface area (Å²) in [6.07, 6.45) is 2.28. The molecule has 1 aromatic rings. The van der Waals surface area contributed by atoms with Crippen molar-refractivity contribution in [2.45, 2.75) is 38.8 Å². The van der Waals surface area contributed by atoms with Crippen molar-refractivity contribution in [3.05, 3.63) is 35.9 Å². The topological polar surface area (TPSA) is 29.3 Å². The molecule has 94 valence electrons. The summed E-state index contributed by atoms with van der Waals surface area (Å²) in [6.45, 7) is 6.88. The molecule has 0 spiro atoms. The number of piperidine rings is 1. The summed E-state index contributed by atoms with van der Waals surface area (Å²) in [5.74, 6) is 0.627. The number of nitrogens with zero attached hydrogens (tertiary/aromatic N) is 1. The highest BCUT2D eigenvalue weighted by Gasteiger charge is 2.27. The molecule has 1 aliphatic rings. The SMILES string of the molecule is CC1CN(CCc2ccccc2)C(C)CC1N. The van der Waals surface area contributed by atoms with Crippen LogP contribution in [-0.2, 0) is 6.42 Å². The highest BCUT2D eigenvalue weighted by molar-refractivity contribution is 5.15. The van der Waals surface area contributed by atoms with Crippen molar-refractivity contribution < 1.29 is 0 Å². The minimum absolute atomic E-state index is 0.387. The molecular weight excluding hydrogens is 208 g/mol. The zero-order valence-corrected chi connectivity index (χ0v) is 11.0. The van der Waals surface area contributed by atoms with E-state index in [-0.39, 0.29) is 0 Å². The molecule has 0 bridgehead atoms. The van der Waals surface area contributed by atoms with Crippen molar-refractivity contribution in [2.24, 2.45) is 11.7 Å². The van der Waals surface area contributed by atoms with Gasteiger partial charge in [0.1, 0.15) is 0 Å². The molecule has 3 unspecified atom stereocenters. The second-order valence-electron chi connectivity index (χ2n) is 5.46. The molecule has 1 aromatic carbocycles. The summed E-state index contributed by atoms with van der Waals surface area (Å²) in [5.41, 5.74) is 7.54. The number of hydrogen-bond acceptors (Lipinski definition) is 2. The monoisotopic (exact) mass is 232 g/mol. The Kier molecular flexibility index (Phi) is 4.19. The van der Waals surface area contributed by atoms with Crippen LogP contribution < -0.4 is 5.73 Å². The Morgan fingerprint density at radius 2 is 1.94 bits per heavy atom. The first-order valence-electron chi connectivity index (χ1n) is 6.70. The summed E-state index contributed by atoms with van der Waals surface area (Å²) < 4.78 is 0. The molecule has 0 aromatic heterocycles. The average Bonchev–Trinajstić information content (AvgIpc) is 2.33. The van der Waals surface area contributed by atoms with E-state index in [1.807, 2.05) is 0 Å². The van der Waals surface area contributed by atoms with Crippen molar-refractivity contribution in [2.75, 3.05) is 13.1 Å². The quantitative estimate of drug-likeness (QED) is 0.866. The maximum Gasteiger partial charge on any atom is 0.00915 e. The Hall–Kier alpha value is -0.860. The molecule has 17 heavy (non-hydrogen) atoms. The van der Waals surface area contributed by atoms with Crippen molar-refractivity contribution in [1.29, 1.82) is 0 Å². The molecule has 0 radical (unpaired) electrons. The Bertz CT molecular complexity index is 336. The van der Waals surface area contributed by atoms with Crippen molar-refractivity contribution in [3.8, 4) is 0 Å². The third-order valence-corrected chi connectivity index (χ3v) is 4.02. The number of likely N-dealkylation sites (tertiary alicyclic amines) is 1. The molecular formula is C15H24N2. The van der Waals surface area contributed by atoms with Gasteiger partial charge in [0.2, 0.25) is 0 Å². The largest absolute Gasteiger partial charge is 0.327 e. The van der Waals surface area contributed by atoms with E-state index in [0.717, 1.165) is 25.9 Å². The van der Waals surface area contributed by atoms with E-state index < -0.39 is 0 Å². The van der Waals surface area contributed by atoms with E-state index in [2.05, 4.69) is 49.1 Å². The van der Waals surface area contributed by atoms with Gasteiger partial charge in [0.05, 0.1) is 0 Å². The Labute approximate surface area is 105 Å². The maximum atomic E-state index is 6.11. The van der Waals surface area contributed by atoms with E-state index >= 15 is 0 Å². The highest BCUT2D eigenvalue weighted by Crippen LogP contribution is 2.20. The van der Waals surface area contributed by atoms with Crippen molar-refractivity contribution in [3.63, 3.8) is 0 Å². The Balaban J connectivity index is 1.87. The molecule has 1 aliphatic heterocycles. The molecule has 1 saturated heterocycles. The zero-order valence-electron chi connectivity index (χ0n) is 11.0. The number of nitrogens with two attached hydrogens (primary N) is 1. The number of rotatable bonds is 3. The molecule has 1 heterocycles. The summed E-state index contributed by atoms with van der Waals surface area (Å²) in [5, 5.41) is 0. The third kappa shape index (κ3) is 3.30. The van der Waals surface area contributed by atoms with Crippen LogP contribution in [0.25, 0.3) is 0 Å². The van der Waals surface area contributed by atoms with Gasteiger partial charge in [-0.2, -0.15) is 0 Å². The van der Waals surface area contributed by atoms with Crippen LogP contribution >= 0.6 is 0 Å². The summed E-state index contributed by atoms with van der Waals surface area (Å²) in [7, 11) is 0. The normalized spacial score (nSPS) is 30.4. The van der Waals surface area contributed by atoms with Gasteiger partial charge < -0.3 is 5.73 Å². The number of benzene rings is 1. The fourth-order valence-corrected chi connectivity index (χ4v) is 2.69. The van der Waals surface area contributed by atoms with Crippen LogP contribution in [0.3, 0.4) is 0 Å². The van der Waals surface area contributed by atoms with E-state index in [4.69, 9.17) is 5.73 Å². The van der Waals surface area contributed by atoms with Crippen molar-refractivity contribution >= 4 is 0 Å². The van der Waals surface area contributed by atoms with Crippen LogP contribution in [0.15, 0.2) is 30.3 Å². The molecule has 2 heteroatoms. The first-order valence-corrected chi connectivity index (χ1v) is 6.70. The molecule has 0 aliphatic carbocycles. The molecule has 1 fully saturated rings. The third-order valence-electron chi connectivity index (χ3n) is 4.02. The molecule has 2 nitrogen and oxygen atoms in total. The first kappa shape index (κ1) is 12.6. The van der Waals surface area contributed by atoms with Crippen LogP contribution in [0.5, 0.6) is 0 Å². The van der Waals surface area contributed by atoms with Gasteiger partial charge in [-0.15, -0.1) is 0 Å².